The molecule has 0 spiro atoms. The standard InChI is InChI=1S/C20H38N6O6S/c1-11(2)16(23)19(30)24-12(6-4-5-8-21)17(28)26-14(10-15(22)27)18(29)25-13(20(31)32)7-9-33-3/h11-14,16H,4-10,21,23H2,1-3H3,(H2,22,27)(H,24,30)(H,25,29)(H,26,28)(H,31,32). The predicted molar refractivity (Wildman–Crippen MR) is 126 cm³/mol. The molecule has 10 N–H and O–H groups in total. The molecule has 0 saturated heterocycles. The van der Waals surface area contributed by atoms with Crippen LogP contribution in [-0.4, -0.2) is 77.4 Å². The fourth-order valence-electron chi connectivity index (χ4n) is 2.78. The molecule has 190 valence electrons. The summed E-state index contributed by atoms with van der Waals surface area (Å²) < 4.78 is 0. The Hall–Kier alpha value is -2.38. The molecule has 0 aliphatic rings. The zero-order valence-electron chi connectivity index (χ0n) is 19.5. The molecular formula is C20H38N6O6S. The lowest BCUT2D eigenvalue weighted by molar-refractivity contribution is -0.142. The third kappa shape index (κ3) is 12.4. The highest BCUT2D eigenvalue weighted by Crippen LogP contribution is 2.06. The number of primary amides is 1. The van der Waals surface area contributed by atoms with Gasteiger partial charge in [0.05, 0.1) is 12.5 Å². The average Bonchev–Trinajstić information content (AvgIpc) is 2.73. The summed E-state index contributed by atoms with van der Waals surface area (Å²) in [5.41, 5.74) is 16.6. The summed E-state index contributed by atoms with van der Waals surface area (Å²) in [6.07, 6.45) is 2.77. The van der Waals surface area contributed by atoms with E-state index in [0.29, 0.717) is 25.1 Å². The van der Waals surface area contributed by atoms with Gasteiger partial charge < -0.3 is 38.3 Å². The first-order valence-electron chi connectivity index (χ1n) is 10.8. The van der Waals surface area contributed by atoms with Crippen LogP contribution in [0.25, 0.3) is 0 Å². The van der Waals surface area contributed by atoms with Gasteiger partial charge in [-0.15, -0.1) is 0 Å². The molecule has 13 heteroatoms. The van der Waals surface area contributed by atoms with Gasteiger partial charge >= 0.3 is 5.97 Å². The lowest BCUT2D eigenvalue weighted by atomic mass is 10.0. The number of carboxylic acid groups (broad SMARTS) is 1. The quantitative estimate of drug-likeness (QED) is 0.115. The number of nitrogens with two attached hydrogens (primary N) is 3. The fourth-order valence-corrected chi connectivity index (χ4v) is 3.25. The van der Waals surface area contributed by atoms with E-state index in [-0.39, 0.29) is 18.8 Å². The molecule has 0 saturated carbocycles. The highest BCUT2D eigenvalue weighted by Gasteiger charge is 2.31. The van der Waals surface area contributed by atoms with Crippen molar-refractivity contribution in [2.45, 2.75) is 70.1 Å². The molecule has 4 atom stereocenters. The van der Waals surface area contributed by atoms with Crippen molar-refractivity contribution in [3.63, 3.8) is 0 Å². The lowest BCUT2D eigenvalue weighted by Crippen LogP contribution is -2.58. The number of carboxylic acids is 1. The number of rotatable bonds is 17. The topological polar surface area (TPSA) is 220 Å². The van der Waals surface area contributed by atoms with E-state index >= 15 is 0 Å². The van der Waals surface area contributed by atoms with Crippen molar-refractivity contribution in [3.8, 4) is 0 Å². The highest BCUT2D eigenvalue weighted by molar-refractivity contribution is 7.98. The molecule has 4 unspecified atom stereocenters. The summed E-state index contributed by atoms with van der Waals surface area (Å²) in [4.78, 5) is 60.9. The number of thioether (sulfide) groups is 1. The van der Waals surface area contributed by atoms with Crippen LogP contribution in [0.3, 0.4) is 0 Å². The lowest BCUT2D eigenvalue weighted by Gasteiger charge is -2.25. The molecule has 0 fully saturated rings. The summed E-state index contributed by atoms with van der Waals surface area (Å²) >= 11 is 1.41. The van der Waals surface area contributed by atoms with Gasteiger partial charge in [0.15, 0.2) is 0 Å². The van der Waals surface area contributed by atoms with Crippen molar-refractivity contribution in [1.82, 2.24) is 16.0 Å². The molecule has 0 heterocycles. The second-order valence-corrected chi connectivity index (χ2v) is 9.01. The van der Waals surface area contributed by atoms with Crippen LogP contribution in [0.2, 0.25) is 0 Å². The second-order valence-electron chi connectivity index (χ2n) is 8.03. The van der Waals surface area contributed by atoms with Gasteiger partial charge in [-0.05, 0) is 50.2 Å². The van der Waals surface area contributed by atoms with Gasteiger partial charge in [-0.2, -0.15) is 11.8 Å². The molecule has 33 heavy (non-hydrogen) atoms. The van der Waals surface area contributed by atoms with Crippen molar-refractivity contribution in [3.05, 3.63) is 0 Å². The van der Waals surface area contributed by atoms with Crippen LogP contribution in [0.5, 0.6) is 0 Å². The molecule has 0 rings (SSSR count). The first kappa shape index (κ1) is 30.6. The van der Waals surface area contributed by atoms with Gasteiger partial charge in [0.2, 0.25) is 23.6 Å². The molecular weight excluding hydrogens is 452 g/mol. The molecule has 0 aliphatic heterocycles. The van der Waals surface area contributed by atoms with Crippen LogP contribution in [0, 0.1) is 5.92 Å². The number of hydrogen-bond donors (Lipinski definition) is 7. The largest absolute Gasteiger partial charge is 0.480 e. The van der Waals surface area contributed by atoms with Crippen molar-refractivity contribution >= 4 is 41.4 Å². The SMILES string of the molecule is CSCCC(NC(=O)C(CC(N)=O)NC(=O)C(CCCCN)NC(=O)C(N)C(C)C)C(=O)O. The molecule has 0 aliphatic carbocycles. The Kier molecular flexibility index (Phi) is 15.1. The number of nitrogens with one attached hydrogen (secondary N) is 3. The van der Waals surface area contributed by atoms with E-state index in [9.17, 15) is 29.1 Å². The number of aliphatic carboxylic acids is 1. The summed E-state index contributed by atoms with van der Waals surface area (Å²) in [6.45, 7) is 3.92. The molecule has 0 radical (unpaired) electrons. The van der Waals surface area contributed by atoms with Crippen LogP contribution in [0.4, 0.5) is 0 Å². The van der Waals surface area contributed by atoms with E-state index in [4.69, 9.17) is 17.2 Å². The minimum Gasteiger partial charge on any atom is -0.480 e. The summed E-state index contributed by atoms with van der Waals surface area (Å²) in [5, 5.41) is 16.6. The maximum Gasteiger partial charge on any atom is 0.326 e. The number of carbonyl (C=O) groups is 5. The van der Waals surface area contributed by atoms with Crippen LogP contribution in [0.15, 0.2) is 0 Å². The Bertz CT molecular complexity index is 677. The second kappa shape index (κ2) is 16.3. The third-order valence-corrected chi connectivity index (χ3v) is 5.51. The number of carbonyl (C=O) groups excluding carboxylic acids is 4. The maximum atomic E-state index is 12.9. The van der Waals surface area contributed by atoms with Gasteiger partial charge in [-0.3, -0.25) is 19.2 Å². The zero-order chi connectivity index (χ0) is 25.6. The van der Waals surface area contributed by atoms with Gasteiger partial charge in [0.25, 0.3) is 0 Å². The molecule has 12 nitrogen and oxygen atoms in total. The van der Waals surface area contributed by atoms with E-state index in [1.54, 1.807) is 20.1 Å². The summed E-state index contributed by atoms with van der Waals surface area (Å²) in [7, 11) is 0. The van der Waals surface area contributed by atoms with Crippen molar-refractivity contribution in [1.29, 1.82) is 0 Å². The summed E-state index contributed by atoms with van der Waals surface area (Å²) in [5.74, 6) is -3.89. The van der Waals surface area contributed by atoms with Gasteiger partial charge in [-0.1, -0.05) is 13.8 Å². The van der Waals surface area contributed by atoms with Crippen molar-refractivity contribution in [2.75, 3.05) is 18.6 Å². The van der Waals surface area contributed by atoms with Gasteiger partial charge in [0.1, 0.15) is 18.1 Å². The monoisotopic (exact) mass is 490 g/mol. The van der Waals surface area contributed by atoms with E-state index in [2.05, 4.69) is 16.0 Å². The number of amides is 4. The van der Waals surface area contributed by atoms with Crippen molar-refractivity contribution < 1.29 is 29.1 Å². The Morgan fingerprint density at radius 2 is 1.42 bits per heavy atom. The smallest absolute Gasteiger partial charge is 0.326 e. The van der Waals surface area contributed by atoms with E-state index in [1.807, 2.05) is 0 Å². The number of unbranched alkanes of at least 4 members (excludes halogenated alkanes) is 1. The molecule has 0 aromatic carbocycles. The van der Waals surface area contributed by atoms with Crippen LogP contribution >= 0.6 is 11.8 Å². The van der Waals surface area contributed by atoms with E-state index in [0.717, 1.165) is 0 Å². The molecule has 0 bridgehead atoms. The Labute approximate surface area is 198 Å². The molecule has 0 aromatic heterocycles. The van der Waals surface area contributed by atoms with E-state index < -0.39 is 60.2 Å². The van der Waals surface area contributed by atoms with Crippen LogP contribution in [-0.2, 0) is 24.0 Å². The highest BCUT2D eigenvalue weighted by atomic mass is 32.2. The minimum atomic E-state index is -1.40. The first-order chi connectivity index (χ1) is 15.4. The minimum absolute atomic E-state index is 0.157. The third-order valence-electron chi connectivity index (χ3n) is 4.86. The van der Waals surface area contributed by atoms with Gasteiger partial charge in [0, 0.05) is 0 Å². The van der Waals surface area contributed by atoms with E-state index in [1.165, 1.54) is 11.8 Å². The predicted octanol–water partition coefficient (Wildman–Crippen LogP) is -1.73. The fraction of sp³-hybridized carbons (Fsp3) is 0.750. The van der Waals surface area contributed by atoms with Crippen LogP contribution < -0.4 is 33.2 Å². The Balaban J connectivity index is 5.48. The van der Waals surface area contributed by atoms with Crippen LogP contribution in [0.1, 0.15) is 46.0 Å². The number of hydrogen-bond acceptors (Lipinski definition) is 8. The summed E-state index contributed by atoms with van der Waals surface area (Å²) in [6, 6.07) is -4.46. The normalized spacial score (nSPS) is 14.6. The van der Waals surface area contributed by atoms with Gasteiger partial charge in [-0.25, -0.2) is 4.79 Å². The molecule has 0 aromatic rings. The molecule has 4 amide bonds. The first-order valence-corrected chi connectivity index (χ1v) is 12.2. The average molecular weight is 491 g/mol. The Morgan fingerprint density at radius 1 is 0.879 bits per heavy atom. The van der Waals surface area contributed by atoms with Crippen molar-refractivity contribution in [2.24, 2.45) is 23.1 Å². The maximum absolute atomic E-state index is 12.9. The Morgan fingerprint density at radius 3 is 1.91 bits per heavy atom. The zero-order valence-corrected chi connectivity index (χ0v) is 20.3.